The van der Waals surface area contributed by atoms with E-state index in [-0.39, 0.29) is 5.78 Å². The molecular formula is C16H15BrO. The van der Waals surface area contributed by atoms with E-state index < -0.39 is 0 Å². The lowest BCUT2D eigenvalue weighted by molar-refractivity contribution is 0.0992. The Kier molecular flexibility index (Phi) is 3.97. The van der Waals surface area contributed by atoms with Crippen molar-refractivity contribution in [3.63, 3.8) is 0 Å². The molecule has 0 amide bonds. The first-order chi connectivity index (χ1) is 8.58. The molecule has 0 spiro atoms. The highest BCUT2D eigenvalue weighted by molar-refractivity contribution is 9.10. The van der Waals surface area contributed by atoms with Gasteiger partial charge in [-0.1, -0.05) is 52.3 Å². The Balaban J connectivity index is 2.22. The quantitative estimate of drug-likeness (QED) is 0.763. The van der Waals surface area contributed by atoms with E-state index in [0.29, 0.717) is 6.42 Å². The van der Waals surface area contributed by atoms with Crippen LogP contribution in [0.5, 0.6) is 0 Å². The highest BCUT2D eigenvalue weighted by Crippen LogP contribution is 2.19. The topological polar surface area (TPSA) is 17.1 Å². The van der Waals surface area contributed by atoms with Gasteiger partial charge >= 0.3 is 0 Å². The zero-order chi connectivity index (χ0) is 13.1. The number of aryl methyl sites for hydroxylation is 2. The Hall–Kier alpha value is -1.41. The van der Waals surface area contributed by atoms with E-state index in [1.165, 1.54) is 0 Å². The van der Waals surface area contributed by atoms with E-state index in [2.05, 4.69) is 15.9 Å². The fourth-order valence-corrected chi connectivity index (χ4v) is 2.23. The van der Waals surface area contributed by atoms with Crippen LogP contribution in [0.4, 0.5) is 0 Å². The number of halogens is 1. The largest absolute Gasteiger partial charge is 0.294 e. The average molecular weight is 303 g/mol. The Morgan fingerprint density at radius 1 is 1.06 bits per heavy atom. The number of ketones is 1. The van der Waals surface area contributed by atoms with Crippen molar-refractivity contribution in [3.05, 3.63) is 69.2 Å². The maximum absolute atomic E-state index is 12.2. The van der Waals surface area contributed by atoms with Crippen molar-refractivity contribution in [2.75, 3.05) is 0 Å². The Morgan fingerprint density at radius 2 is 1.78 bits per heavy atom. The first-order valence-corrected chi connectivity index (χ1v) is 6.71. The number of benzene rings is 2. The van der Waals surface area contributed by atoms with Gasteiger partial charge in [-0.25, -0.2) is 0 Å². The molecule has 0 atom stereocenters. The van der Waals surface area contributed by atoms with E-state index in [1.54, 1.807) is 0 Å². The zero-order valence-electron chi connectivity index (χ0n) is 10.5. The number of rotatable bonds is 3. The second-order valence-electron chi connectivity index (χ2n) is 4.49. The van der Waals surface area contributed by atoms with Crippen LogP contribution < -0.4 is 0 Å². The van der Waals surface area contributed by atoms with Gasteiger partial charge in [0, 0.05) is 16.5 Å². The molecule has 2 aromatic rings. The highest BCUT2D eigenvalue weighted by atomic mass is 79.9. The van der Waals surface area contributed by atoms with Crippen LogP contribution in [0.15, 0.2) is 46.9 Å². The predicted molar refractivity (Wildman–Crippen MR) is 78.1 cm³/mol. The summed E-state index contributed by atoms with van der Waals surface area (Å²) in [5.74, 6) is 0.157. The molecule has 92 valence electrons. The molecule has 18 heavy (non-hydrogen) atoms. The van der Waals surface area contributed by atoms with Gasteiger partial charge in [0.2, 0.25) is 0 Å². The maximum atomic E-state index is 12.2. The van der Waals surface area contributed by atoms with Crippen molar-refractivity contribution in [3.8, 4) is 0 Å². The van der Waals surface area contributed by atoms with Crippen LogP contribution in [-0.4, -0.2) is 5.78 Å². The minimum absolute atomic E-state index is 0.157. The molecule has 2 aromatic carbocycles. The molecule has 2 heteroatoms. The predicted octanol–water partition coefficient (Wildman–Crippen LogP) is 4.49. The lowest BCUT2D eigenvalue weighted by atomic mass is 9.99. The van der Waals surface area contributed by atoms with Gasteiger partial charge in [-0.2, -0.15) is 0 Å². The Bertz CT molecular complexity index is 587. The van der Waals surface area contributed by atoms with E-state index in [9.17, 15) is 4.79 Å². The van der Waals surface area contributed by atoms with Crippen LogP contribution in [0, 0.1) is 13.8 Å². The summed E-state index contributed by atoms with van der Waals surface area (Å²) >= 11 is 3.46. The first-order valence-electron chi connectivity index (χ1n) is 5.92. The Morgan fingerprint density at radius 3 is 2.44 bits per heavy atom. The normalized spacial score (nSPS) is 10.4. The van der Waals surface area contributed by atoms with Crippen LogP contribution in [0.25, 0.3) is 0 Å². The van der Waals surface area contributed by atoms with Gasteiger partial charge in [0.1, 0.15) is 0 Å². The first kappa shape index (κ1) is 13.0. The summed E-state index contributed by atoms with van der Waals surface area (Å²) in [5, 5.41) is 0. The highest BCUT2D eigenvalue weighted by Gasteiger charge is 2.09. The van der Waals surface area contributed by atoms with Crippen LogP contribution in [0.1, 0.15) is 27.0 Å². The average Bonchev–Trinajstić information content (AvgIpc) is 2.35. The van der Waals surface area contributed by atoms with Crippen LogP contribution in [0.3, 0.4) is 0 Å². The second-order valence-corrected chi connectivity index (χ2v) is 5.34. The molecule has 1 nitrogen and oxygen atoms in total. The van der Waals surface area contributed by atoms with Gasteiger partial charge in [0.25, 0.3) is 0 Å². The molecule has 0 aliphatic carbocycles. The molecule has 0 radical (unpaired) electrons. The van der Waals surface area contributed by atoms with E-state index in [0.717, 1.165) is 26.7 Å². The monoisotopic (exact) mass is 302 g/mol. The lowest BCUT2D eigenvalue weighted by Gasteiger charge is -2.06. The minimum atomic E-state index is 0.157. The summed E-state index contributed by atoms with van der Waals surface area (Å²) in [6, 6.07) is 13.8. The van der Waals surface area contributed by atoms with Gasteiger partial charge in [-0.05, 0) is 36.6 Å². The summed E-state index contributed by atoms with van der Waals surface area (Å²) in [6.07, 6.45) is 0.460. The molecule has 0 heterocycles. The molecule has 0 aliphatic rings. The van der Waals surface area contributed by atoms with E-state index in [1.807, 2.05) is 56.3 Å². The lowest BCUT2D eigenvalue weighted by Crippen LogP contribution is -2.05. The van der Waals surface area contributed by atoms with Crippen molar-refractivity contribution in [2.24, 2.45) is 0 Å². The third-order valence-electron chi connectivity index (χ3n) is 3.11. The molecular weight excluding hydrogens is 288 g/mol. The zero-order valence-corrected chi connectivity index (χ0v) is 12.1. The molecule has 0 fully saturated rings. The molecule has 2 rings (SSSR count). The molecule has 0 unspecified atom stereocenters. The number of carbonyl (C=O) groups excluding carboxylic acids is 1. The maximum Gasteiger partial charge on any atom is 0.167 e. The van der Waals surface area contributed by atoms with Gasteiger partial charge in [-0.3, -0.25) is 4.79 Å². The summed E-state index contributed by atoms with van der Waals surface area (Å²) in [7, 11) is 0. The molecule has 0 saturated carbocycles. The van der Waals surface area contributed by atoms with Crippen molar-refractivity contribution < 1.29 is 4.79 Å². The SMILES string of the molecule is Cc1ccc(C(=O)Cc2ccccc2C)cc1Br. The van der Waals surface area contributed by atoms with Crippen molar-refractivity contribution in [2.45, 2.75) is 20.3 Å². The summed E-state index contributed by atoms with van der Waals surface area (Å²) < 4.78 is 0.984. The van der Waals surface area contributed by atoms with Crippen LogP contribution in [-0.2, 0) is 6.42 Å². The number of Topliss-reactive ketones (excluding diaryl/α,β-unsaturated/α-hetero) is 1. The fraction of sp³-hybridized carbons (Fsp3) is 0.188. The summed E-state index contributed by atoms with van der Waals surface area (Å²) in [4.78, 5) is 12.2. The van der Waals surface area contributed by atoms with Crippen LogP contribution >= 0.6 is 15.9 Å². The van der Waals surface area contributed by atoms with Gasteiger partial charge in [0.05, 0.1) is 0 Å². The van der Waals surface area contributed by atoms with E-state index >= 15 is 0 Å². The van der Waals surface area contributed by atoms with Gasteiger partial charge in [0.15, 0.2) is 5.78 Å². The molecule has 0 aliphatic heterocycles. The molecule has 0 aromatic heterocycles. The third-order valence-corrected chi connectivity index (χ3v) is 3.96. The van der Waals surface area contributed by atoms with Gasteiger partial charge < -0.3 is 0 Å². The number of hydrogen-bond acceptors (Lipinski definition) is 1. The third kappa shape index (κ3) is 2.88. The van der Waals surface area contributed by atoms with Crippen molar-refractivity contribution in [1.82, 2.24) is 0 Å². The molecule has 0 N–H and O–H groups in total. The minimum Gasteiger partial charge on any atom is -0.294 e. The van der Waals surface area contributed by atoms with E-state index in [4.69, 9.17) is 0 Å². The second kappa shape index (κ2) is 5.49. The Labute approximate surface area is 116 Å². The standard InChI is InChI=1S/C16H15BrO/c1-11-5-3-4-6-13(11)10-16(18)14-8-7-12(2)15(17)9-14/h3-9H,10H2,1-2H3. The smallest absolute Gasteiger partial charge is 0.167 e. The van der Waals surface area contributed by atoms with Crippen LogP contribution in [0.2, 0.25) is 0 Å². The van der Waals surface area contributed by atoms with Crippen molar-refractivity contribution in [1.29, 1.82) is 0 Å². The fourth-order valence-electron chi connectivity index (χ4n) is 1.85. The van der Waals surface area contributed by atoms with Gasteiger partial charge in [-0.15, -0.1) is 0 Å². The van der Waals surface area contributed by atoms with Crippen molar-refractivity contribution >= 4 is 21.7 Å². The number of carbonyl (C=O) groups is 1. The molecule has 0 bridgehead atoms. The number of hydrogen-bond donors (Lipinski definition) is 0. The summed E-state index contributed by atoms with van der Waals surface area (Å²) in [5.41, 5.74) is 4.16. The summed E-state index contributed by atoms with van der Waals surface area (Å²) in [6.45, 7) is 4.05. The molecule has 0 saturated heterocycles.